The number of hydrogen-bond donors (Lipinski definition) is 2. The number of carbonyl (C=O) groups excluding carboxylic acids is 1. The number of piperidine rings is 1. The monoisotopic (exact) mass is 333 g/mol. The van der Waals surface area contributed by atoms with Crippen LogP contribution in [0.4, 0.5) is 10.2 Å². The van der Waals surface area contributed by atoms with Crippen LogP contribution < -0.4 is 10.6 Å². The number of nitrogens with zero attached hydrogens (tertiary/aromatic N) is 1. The molecular weight excluding hydrogens is 317 g/mol. The molecule has 0 unspecified atom stereocenters. The smallest absolute Gasteiger partial charge is 0.229 e. The predicted octanol–water partition coefficient (Wildman–Crippen LogP) is 3.48. The molecule has 3 rings (SSSR count). The third-order valence-electron chi connectivity index (χ3n) is 3.91. The number of halogens is 2. The Morgan fingerprint density at radius 2 is 2.26 bits per heavy atom. The number of amides is 1. The second kappa shape index (κ2) is 7.06. The summed E-state index contributed by atoms with van der Waals surface area (Å²) in [4.78, 5) is 16.4. The van der Waals surface area contributed by atoms with E-state index in [9.17, 15) is 9.18 Å². The van der Waals surface area contributed by atoms with Gasteiger partial charge in [-0.2, -0.15) is 0 Å². The fourth-order valence-corrected chi connectivity index (χ4v) is 2.90. The first-order valence-corrected chi connectivity index (χ1v) is 7.94. The maximum Gasteiger partial charge on any atom is 0.229 e. The number of hydrogen-bond acceptors (Lipinski definition) is 3. The number of anilines is 1. The van der Waals surface area contributed by atoms with Gasteiger partial charge in [0.05, 0.1) is 10.9 Å². The van der Waals surface area contributed by atoms with Gasteiger partial charge >= 0.3 is 0 Å². The molecule has 2 aromatic rings. The van der Waals surface area contributed by atoms with Gasteiger partial charge in [-0.3, -0.25) is 4.79 Å². The second-order valence-electron chi connectivity index (χ2n) is 5.59. The Bertz CT molecular complexity index is 717. The SMILES string of the molecule is O=C(Nc1cc(-c2cccc(F)c2)c(Cl)cn1)[C@@H]1CCCNC1. The topological polar surface area (TPSA) is 54.0 Å². The van der Waals surface area contributed by atoms with Gasteiger partial charge in [-0.15, -0.1) is 0 Å². The van der Waals surface area contributed by atoms with Crippen molar-refractivity contribution in [2.45, 2.75) is 12.8 Å². The summed E-state index contributed by atoms with van der Waals surface area (Å²) in [6, 6.07) is 7.83. The van der Waals surface area contributed by atoms with Crippen molar-refractivity contribution < 1.29 is 9.18 Å². The van der Waals surface area contributed by atoms with Crippen molar-refractivity contribution in [3.63, 3.8) is 0 Å². The van der Waals surface area contributed by atoms with Crippen LogP contribution in [0.2, 0.25) is 5.02 Å². The summed E-state index contributed by atoms with van der Waals surface area (Å²) < 4.78 is 13.4. The van der Waals surface area contributed by atoms with E-state index in [4.69, 9.17) is 11.6 Å². The van der Waals surface area contributed by atoms with E-state index in [0.717, 1.165) is 19.4 Å². The third-order valence-corrected chi connectivity index (χ3v) is 4.21. The highest BCUT2D eigenvalue weighted by molar-refractivity contribution is 6.33. The molecule has 1 aromatic carbocycles. The largest absolute Gasteiger partial charge is 0.316 e. The van der Waals surface area contributed by atoms with E-state index in [0.29, 0.717) is 28.5 Å². The van der Waals surface area contributed by atoms with Crippen LogP contribution in [0.3, 0.4) is 0 Å². The minimum absolute atomic E-state index is 0.0566. The summed E-state index contributed by atoms with van der Waals surface area (Å²) in [7, 11) is 0. The normalized spacial score (nSPS) is 17.7. The van der Waals surface area contributed by atoms with E-state index in [2.05, 4.69) is 15.6 Å². The Hall–Kier alpha value is -1.98. The van der Waals surface area contributed by atoms with Crippen molar-refractivity contribution in [2.24, 2.45) is 5.92 Å². The molecule has 23 heavy (non-hydrogen) atoms. The van der Waals surface area contributed by atoms with Crippen LogP contribution in [0.5, 0.6) is 0 Å². The first-order chi connectivity index (χ1) is 11.1. The van der Waals surface area contributed by atoms with Crippen molar-refractivity contribution in [3.05, 3.63) is 47.4 Å². The number of rotatable bonds is 3. The average molecular weight is 334 g/mol. The van der Waals surface area contributed by atoms with Crippen molar-refractivity contribution in [3.8, 4) is 11.1 Å². The number of aromatic nitrogens is 1. The standard InChI is InChI=1S/C17H17ClFN3O/c18-15-10-21-16(22-17(23)12-4-2-6-20-9-12)8-14(15)11-3-1-5-13(19)7-11/h1,3,5,7-8,10,12,20H,2,4,6,9H2,(H,21,22,23)/t12-/m1/s1. The zero-order valence-electron chi connectivity index (χ0n) is 12.5. The molecule has 0 saturated carbocycles. The lowest BCUT2D eigenvalue weighted by molar-refractivity contribution is -0.120. The van der Waals surface area contributed by atoms with Gasteiger partial charge in [0.15, 0.2) is 0 Å². The Labute approximate surface area is 139 Å². The highest BCUT2D eigenvalue weighted by atomic mass is 35.5. The third kappa shape index (κ3) is 3.86. The van der Waals surface area contributed by atoms with Crippen LogP contribution in [-0.2, 0) is 4.79 Å². The Balaban J connectivity index is 1.81. The number of carbonyl (C=O) groups is 1. The van der Waals surface area contributed by atoms with Crippen LogP contribution in [0, 0.1) is 11.7 Å². The van der Waals surface area contributed by atoms with Gasteiger partial charge in [0.2, 0.25) is 5.91 Å². The van der Waals surface area contributed by atoms with Gasteiger partial charge in [0, 0.05) is 18.3 Å². The average Bonchev–Trinajstić information content (AvgIpc) is 2.57. The summed E-state index contributed by atoms with van der Waals surface area (Å²) in [5.74, 6) is -0.0328. The van der Waals surface area contributed by atoms with Crippen LogP contribution in [0.1, 0.15) is 12.8 Å². The summed E-state index contributed by atoms with van der Waals surface area (Å²) in [5, 5.41) is 6.44. The molecule has 6 heteroatoms. The minimum atomic E-state index is -0.339. The van der Waals surface area contributed by atoms with Crippen molar-refractivity contribution in [1.29, 1.82) is 0 Å². The van der Waals surface area contributed by atoms with Crippen molar-refractivity contribution in [1.82, 2.24) is 10.3 Å². The number of benzene rings is 1. The molecule has 0 spiro atoms. The van der Waals surface area contributed by atoms with E-state index in [1.807, 2.05) is 0 Å². The van der Waals surface area contributed by atoms with Gasteiger partial charge in [-0.25, -0.2) is 9.37 Å². The lowest BCUT2D eigenvalue weighted by atomic mass is 9.99. The van der Waals surface area contributed by atoms with Gasteiger partial charge in [-0.1, -0.05) is 23.7 Å². The summed E-state index contributed by atoms with van der Waals surface area (Å²) in [6.07, 6.45) is 3.32. The Kier molecular flexibility index (Phi) is 4.88. The zero-order valence-corrected chi connectivity index (χ0v) is 13.2. The first kappa shape index (κ1) is 15.9. The molecule has 1 saturated heterocycles. The molecule has 4 nitrogen and oxygen atoms in total. The fraction of sp³-hybridized carbons (Fsp3) is 0.294. The molecule has 2 heterocycles. The quantitative estimate of drug-likeness (QED) is 0.904. The lowest BCUT2D eigenvalue weighted by Crippen LogP contribution is -2.37. The minimum Gasteiger partial charge on any atom is -0.316 e. The van der Waals surface area contributed by atoms with Gasteiger partial charge in [0.1, 0.15) is 11.6 Å². The molecule has 2 N–H and O–H groups in total. The van der Waals surface area contributed by atoms with Crippen molar-refractivity contribution in [2.75, 3.05) is 18.4 Å². The van der Waals surface area contributed by atoms with E-state index in [-0.39, 0.29) is 17.6 Å². The van der Waals surface area contributed by atoms with Gasteiger partial charge < -0.3 is 10.6 Å². The zero-order chi connectivity index (χ0) is 16.2. The lowest BCUT2D eigenvalue weighted by Gasteiger charge is -2.21. The summed E-state index contributed by atoms with van der Waals surface area (Å²) in [6.45, 7) is 1.63. The number of nitrogens with one attached hydrogen (secondary N) is 2. The van der Waals surface area contributed by atoms with Gasteiger partial charge in [0.25, 0.3) is 0 Å². The second-order valence-corrected chi connectivity index (χ2v) is 6.00. The molecule has 1 amide bonds. The molecule has 120 valence electrons. The Morgan fingerprint density at radius 3 is 3.00 bits per heavy atom. The molecular formula is C17H17ClFN3O. The molecule has 1 aliphatic rings. The fourth-order valence-electron chi connectivity index (χ4n) is 2.69. The molecule has 1 fully saturated rings. The predicted molar refractivity (Wildman–Crippen MR) is 88.9 cm³/mol. The first-order valence-electron chi connectivity index (χ1n) is 7.56. The van der Waals surface area contributed by atoms with Crippen LogP contribution >= 0.6 is 11.6 Å². The van der Waals surface area contributed by atoms with Crippen LogP contribution in [-0.4, -0.2) is 24.0 Å². The molecule has 0 bridgehead atoms. The maximum atomic E-state index is 13.4. The van der Waals surface area contributed by atoms with E-state index < -0.39 is 0 Å². The molecule has 0 aliphatic carbocycles. The molecule has 1 aromatic heterocycles. The van der Waals surface area contributed by atoms with E-state index in [1.54, 1.807) is 18.2 Å². The van der Waals surface area contributed by atoms with E-state index >= 15 is 0 Å². The summed E-state index contributed by atoms with van der Waals surface area (Å²) in [5.41, 5.74) is 1.28. The maximum absolute atomic E-state index is 13.4. The highest BCUT2D eigenvalue weighted by Crippen LogP contribution is 2.29. The summed E-state index contributed by atoms with van der Waals surface area (Å²) >= 11 is 6.16. The molecule has 1 atom stereocenters. The Morgan fingerprint density at radius 1 is 1.39 bits per heavy atom. The van der Waals surface area contributed by atoms with Crippen LogP contribution in [0.25, 0.3) is 11.1 Å². The number of pyridine rings is 1. The highest BCUT2D eigenvalue weighted by Gasteiger charge is 2.21. The molecule has 0 radical (unpaired) electrons. The van der Waals surface area contributed by atoms with Crippen LogP contribution in [0.15, 0.2) is 36.5 Å². The van der Waals surface area contributed by atoms with Crippen molar-refractivity contribution >= 4 is 23.3 Å². The van der Waals surface area contributed by atoms with E-state index in [1.165, 1.54) is 18.3 Å². The van der Waals surface area contributed by atoms with Gasteiger partial charge in [-0.05, 0) is 43.1 Å². The molecule has 1 aliphatic heterocycles.